The normalized spacial score (nSPS) is 18.1. The number of amides is 2. The molecule has 8 heteroatoms. The van der Waals surface area contributed by atoms with E-state index in [-0.39, 0.29) is 37.4 Å². The quantitative estimate of drug-likeness (QED) is 0.333. The van der Waals surface area contributed by atoms with Crippen molar-refractivity contribution in [2.75, 3.05) is 19.7 Å². The van der Waals surface area contributed by atoms with Gasteiger partial charge in [-0.2, -0.15) is 0 Å². The van der Waals surface area contributed by atoms with E-state index in [9.17, 15) is 18.8 Å². The summed E-state index contributed by atoms with van der Waals surface area (Å²) in [6.07, 6.45) is 1.78. The number of nitrogens with one attached hydrogen (secondary N) is 1. The van der Waals surface area contributed by atoms with E-state index in [4.69, 9.17) is 4.74 Å². The number of likely N-dealkylation sites (tertiary alicyclic amines) is 1. The van der Waals surface area contributed by atoms with E-state index >= 15 is 0 Å². The van der Waals surface area contributed by atoms with E-state index in [1.165, 1.54) is 17.7 Å². The molecule has 43 heavy (non-hydrogen) atoms. The van der Waals surface area contributed by atoms with Gasteiger partial charge in [0.15, 0.2) is 0 Å². The van der Waals surface area contributed by atoms with Gasteiger partial charge in [-0.3, -0.25) is 14.5 Å². The minimum atomic E-state index is -0.602. The van der Waals surface area contributed by atoms with E-state index in [0.29, 0.717) is 22.4 Å². The molecule has 0 bridgehead atoms. The van der Waals surface area contributed by atoms with Gasteiger partial charge in [0.05, 0.1) is 18.7 Å². The SMILES string of the molecule is CCOC(=O)C1=C(C)N(Cc2cccc(C(=O)NC3CCN(Cc4ccccc4)CC3)c2)C(=O)CC1c1cccc(F)c1. The summed E-state index contributed by atoms with van der Waals surface area (Å²) in [5, 5.41) is 3.19. The van der Waals surface area contributed by atoms with Crippen LogP contribution in [0.4, 0.5) is 4.39 Å². The number of hydrogen-bond acceptors (Lipinski definition) is 5. The highest BCUT2D eigenvalue weighted by Crippen LogP contribution is 2.38. The molecule has 1 fully saturated rings. The van der Waals surface area contributed by atoms with Gasteiger partial charge in [0.2, 0.25) is 5.91 Å². The molecule has 2 amide bonds. The molecule has 1 unspecified atom stereocenters. The third-order valence-corrected chi connectivity index (χ3v) is 8.27. The molecular weight excluding hydrogens is 545 g/mol. The molecule has 1 saturated heterocycles. The fourth-order valence-corrected chi connectivity index (χ4v) is 6.02. The molecule has 1 N–H and O–H groups in total. The molecule has 0 spiro atoms. The van der Waals surface area contributed by atoms with E-state index in [1.54, 1.807) is 43.0 Å². The Bertz CT molecular complexity index is 1500. The maximum Gasteiger partial charge on any atom is 0.336 e. The van der Waals surface area contributed by atoms with Crippen molar-refractivity contribution >= 4 is 17.8 Å². The first-order valence-electron chi connectivity index (χ1n) is 14.9. The fourth-order valence-electron chi connectivity index (χ4n) is 6.02. The number of carbonyl (C=O) groups is 3. The van der Waals surface area contributed by atoms with Crippen LogP contribution in [0, 0.1) is 5.82 Å². The minimum Gasteiger partial charge on any atom is -0.463 e. The van der Waals surface area contributed by atoms with Gasteiger partial charge in [0.1, 0.15) is 5.82 Å². The predicted octanol–water partition coefficient (Wildman–Crippen LogP) is 5.57. The van der Waals surface area contributed by atoms with Crippen molar-refractivity contribution in [2.45, 2.75) is 58.2 Å². The Hall–Kier alpha value is -4.30. The lowest BCUT2D eigenvalue weighted by atomic mass is 9.83. The highest BCUT2D eigenvalue weighted by molar-refractivity contribution is 5.96. The standard InChI is InChI=1S/C35H38FN3O4/c1-3-43-35(42)33-24(2)39(32(40)21-31(33)27-12-8-14-29(36)20-27)23-26-11-7-13-28(19-26)34(41)37-30-15-17-38(18-16-30)22-25-9-5-4-6-10-25/h4-14,19-20,30-31H,3,15-18,21-23H2,1-2H3,(H,37,41). The Morgan fingerprint density at radius 3 is 2.37 bits per heavy atom. The number of piperidine rings is 1. The van der Waals surface area contributed by atoms with Gasteiger partial charge in [-0.05, 0) is 67.6 Å². The van der Waals surface area contributed by atoms with Gasteiger partial charge < -0.3 is 15.0 Å². The Labute approximate surface area is 252 Å². The summed E-state index contributed by atoms with van der Waals surface area (Å²) in [7, 11) is 0. The molecular formula is C35H38FN3O4. The molecule has 0 aromatic heterocycles. The third kappa shape index (κ3) is 7.38. The zero-order valence-corrected chi connectivity index (χ0v) is 24.7. The molecule has 2 aliphatic rings. The summed E-state index contributed by atoms with van der Waals surface area (Å²) >= 11 is 0. The van der Waals surface area contributed by atoms with E-state index in [1.807, 2.05) is 18.2 Å². The molecule has 224 valence electrons. The smallest absolute Gasteiger partial charge is 0.336 e. The average Bonchev–Trinajstić information content (AvgIpc) is 3.00. The van der Waals surface area contributed by atoms with Crippen molar-refractivity contribution in [3.63, 3.8) is 0 Å². The second-order valence-corrected chi connectivity index (χ2v) is 11.2. The number of esters is 1. The zero-order chi connectivity index (χ0) is 30.3. The van der Waals surface area contributed by atoms with Crippen LogP contribution in [-0.2, 0) is 27.4 Å². The molecule has 0 radical (unpaired) electrons. The average molecular weight is 584 g/mol. The van der Waals surface area contributed by atoms with E-state index in [2.05, 4.69) is 34.5 Å². The largest absolute Gasteiger partial charge is 0.463 e. The maximum absolute atomic E-state index is 14.0. The molecule has 7 nitrogen and oxygen atoms in total. The number of nitrogens with zero attached hydrogens (tertiary/aromatic N) is 2. The highest BCUT2D eigenvalue weighted by Gasteiger charge is 2.37. The van der Waals surface area contributed by atoms with Gasteiger partial charge in [-0.15, -0.1) is 0 Å². The number of benzene rings is 3. The number of allylic oxidation sites excluding steroid dienone is 1. The van der Waals surface area contributed by atoms with Crippen LogP contribution in [0.15, 0.2) is 90.1 Å². The second kappa shape index (κ2) is 13.8. The molecule has 2 heterocycles. The van der Waals surface area contributed by atoms with Crippen molar-refractivity contribution in [1.29, 1.82) is 0 Å². The van der Waals surface area contributed by atoms with Gasteiger partial charge in [-0.25, -0.2) is 9.18 Å². The van der Waals surface area contributed by atoms with Crippen molar-refractivity contribution in [3.05, 3.63) is 118 Å². The Morgan fingerprint density at radius 1 is 0.930 bits per heavy atom. The Morgan fingerprint density at radius 2 is 1.65 bits per heavy atom. The molecule has 1 atom stereocenters. The highest BCUT2D eigenvalue weighted by atomic mass is 19.1. The number of ether oxygens (including phenoxy) is 1. The Balaban J connectivity index is 1.26. The number of halogens is 1. The maximum atomic E-state index is 14.0. The van der Waals surface area contributed by atoms with Crippen LogP contribution in [0.1, 0.15) is 66.1 Å². The zero-order valence-electron chi connectivity index (χ0n) is 24.7. The van der Waals surface area contributed by atoms with Gasteiger partial charge in [0.25, 0.3) is 5.91 Å². The monoisotopic (exact) mass is 583 g/mol. The lowest BCUT2D eigenvalue weighted by molar-refractivity contribution is -0.140. The summed E-state index contributed by atoms with van der Waals surface area (Å²) in [5.74, 6) is -1.87. The minimum absolute atomic E-state index is 0.0120. The first-order valence-corrected chi connectivity index (χ1v) is 14.9. The molecule has 0 saturated carbocycles. The molecule has 5 rings (SSSR count). The van der Waals surface area contributed by atoms with E-state index in [0.717, 1.165) is 38.0 Å². The fraction of sp³-hybridized carbons (Fsp3) is 0.343. The van der Waals surface area contributed by atoms with Crippen molar-refractivity contribution < 1.29 is 23.5 Å². The number of hydrogen-bond donors (Lipinski definition) is 1. The molecule has 2 aliphatic heterocycles. The molecule has 0 aliphatic carbocycles. The second-order valence-electron chi connectivity index (χ2n) is 11.2. The molecule has 3 aromatic rings. The van der Waals surface area contributed by atoms with Crippen molar-refractivity contribution in [3.8, 4) is 0 Å². The lowest BCUT2D eigenvalue weighted by Gasteiger charge is -2.34. The van der Waals surface area contributed by atoms with Gasteiger partial charge in [-0.1, -0.05) is 54.6 Å². The summed E-state index contributed by atoms with van der Waals surface area (Å²) in [4.78, 5) is 43.6. The summed E-state index contributed by atoms with van der Waals surface area (Å²) in [5.41, 5.74) is 3.96. The number of rotatable bonds is 9. The first-order chi connectivity index (χ1) is 20.8. The van der Waals surface area contributed by atoms with E-state index < -0.39 is 17.7 Å². The first kappa shape index (κ1) is 30.2. The summed E-state index contributed by atoms with van der Waals surface area (Å²) in [6.45, 7) is 6.57. The Kier molecular flexibility index (Phi) is 9.67. The number of carbonyl (C=O) groups excluding carboxylic acids is 3. The summed E-state index contributed by atoms with van der Waals surface area (Å²) < 4.78 is 19.4. The van der Waals surface area contributed by atoms with Crippen LogP contribution in [-0.4, -0.2) is 53.3 Å². The topological polar surface area (TPSA) is 79.0 Å². The van der Waals surface area contributed by atoms with Crippen LogP contribution < -0.4 is 5.32 Å². The van der Waals surface area contributed by atoms with Crippen LogP contribution >= 0.6 is 0 Å². The van der Waals surface area contributed by atoms with Crippen LogP contribution in [0.25, 0.3) is 0 Å². The third-order valence-electron chi connectivity index (χ3n) is 8.27. The predicted molar refractivity (Wildman–Crippen MR) is 162 cm³/mol. The lowest BCUT2D eigenvalue weighted by Crippen LogP contribution is -2.44. The molecule has 3 aromatic carbocycles. The van der Waals surface area contributed by atoms with Gasteiger partial charge in [0, 0.05) is 49.3 Å². The van der Waals surface area contributed by atoms with Gasteiger partial charge >= 0.3 is 5.97 Å². The van der Waals surface area contributed by atoms with Crippen molar-refractivity contribution in [2.24, 2.45) is 0 Å². The van der Waals surface area contributed by atoms with Crippen LogP contribution in [0.5, 0.6) is 0 Å². The van der Waals surface area contributed by atoms with Crippen LogP contribution in [0.3, 0.4) is 0 Å². The van der Waals surface area contributed by atoms with Crippen LogP contribution in [0.2, 0.25) is 0 Å². The summed E-state index contributed by atoms with van der Waals surface area (Å²) in [6, 6.07) is 23.7. The van der Waals surface area contributed by atoms with Crippen molar-refractivity contribution in [1.82, 2.24) is 15.1 Å².